The van der Waals surface area contributed by atoms with Gasteiger partial charge in [0.25, 0.3) is 0 Å². The lowest BCUT2D eigenvalue weighted by Crippen LogP contribution is -2.28. The molecule has 0 saturated heterocycles. The molecule has 0 fully saturated rings. The van der Waals surface area contributed by atoms with E-state index in [2.05, 4.69) is 35.9 Å². The zero-order chi connectivity index (χ0) is 38.9. The summed E-state index contributed by atoms with van der Waals surface area (Å²) < 4.78 is 31.4. The Hall–Kier alpha value is -0.760. The average Bonchev–Trinajstić information content (AvgIpc) is 3.14. The largest absolute Gasteiger partial charge is 0.378 e. The van der Waals surface area contributed by atoms with Gasteiger partial charge in [-0.3, -0.25) is 9.59 Å². The van der Waals surface area contributed by atoms with E-state index in [1.807, 2.05) is 0 Å². The number of rotatable bonds is 39. The smallest absolute Gasteiger partial charge is 0.220 e. The minimum atomic E-state index is -0.0150. The lowest BCUT2D eigenvalue weighted by atomic mass is 10.1. The van der Waals surface area contributed by atoms with Gasteiger partial charge in [0, 0.05) is 39.0 Å². The van der Waals surface area contributed by atoms with Crippen LogP contribution in [0.5, 0.6) is 0 Å². The molecule has 52 heavy (non-hydrogen) atoms. The van der Waals surface area contributed by atoms with E-state index in [1.54, 1.807) is 0 Å². The normalized spacial score (nSPS) is 10.7. The number of hydrogen-bond donors (Lipinski definition) is 8. The number of hydrogen-bond acceptors (Lipinski definition) is 14. The van der Waals surface area contributed by atoms with E-state index >= 15 is 0 Å². The van der Waals surface area contributed by atoms with Gasteiger partial charge in [-0.05, 0) is 50.3 Å². The van der Waals surface area contributed by atoms with Crippen molar-refractivity contribution in [2.45, 2.75) is 89.9 Å². The Morgan fingerprint density at radius 1 is 0.365 bits per heavy atom. The van der Waals surface area contributed by atoms with Crippen LogP contribution in [-0.2, 0) is 38.0 Å². The highest BCUT2D eigenvalue weighted by Gasteiger charge is 2.00. The van der Waals surface area contributed by atoms with E-state index in [4.69, 9.17) is 51.4 Å². The molecule has 0 rings (SSSR count). The topological polar surface area (TPSA) is 218 Å². The van der Waals surface area contributed by atoms with Gasteiger partial charge < -0.3 is 62.0 Å². The van der Waals surface area contributed by atoms with E-state index in [0.717, 1.165) is 25.1 Å². The summed E-state index contributed by atoms with van der Waals surface area (Å²) in [6.07, 6.45) is 16.3. The first-order chi connectivity index (χ1) is 25.5. The monoisotopic (exact) mass is 789 g/mol. The first kappa shape index (κ1) is 55.6. The van der Waals surface area contributed by atoms with E-state index in [9.17, 15) is 9.59 Å². The Morgan fingerprint density at radius 3 is 1.06 bits per heavy atom. The summed E-state index contributed by atoms with van der Waals surface area (Å²) >= 11 is 8.18. The van der Waals surface area contributed by atoms with Gasteiger partial charge in [-0.15, -0.1) is 0 Å². The number of thiol groups is 2. The summed E-state index contributed by atoms with van der Waals surface area (Å²) in [6.45, 7) is 9.97. The van der Waals surface area contributed by atoms with Gasteiger partial charge in [-0.25, -0.2) is 0 Å². The maximum absolute atomic E-state index is 11.4. The van der Waals surface area contributed by atoms with Crippen molar-refractivity contribution in [3.8, 4) is 0 Å². The number of nitrogens with one attached hydrogen (secondary N) is 2. The number of carbonyl (C=O) groups is 2. The summed E-state index contributed by atoms with van der Waals surface area (Å²) in [5.74, 6) is 1.62. The third kappa shape index (κ3) is 58.5. The molecule has 0 aromatic heterocycles. The molecule has 314 valence electrons. The van der Waals surface area contributed by atoms with Crippen LogP contribution in [0.1, 0.15) is 89.9 Å². The number of nitrogens with two attached hydrogens (primary N) is 4. The fraction of sp³-hybridized carbons (Fsp3) is 0.944. The molecule has 0 bridgehead atoms. The fourth-order valence-electron chi connectivity index (χ4n) is 4.15. The molecule has 0 aromatic rings. The molecule has 14 nitrogen and oxygen atoms in total. The second kappa shape index (κ2) is 54.6. The van der Waals surface area contributed by atoms with Crippen molar-refractivity contribution in [1.29, 1.82) is 0 Å². The summed E-state index contributed by atoms with van der Waals surface area (Å²) in [6, 6.07) is 0. The molecule has 0 heterocycles. The predicted molar refractivity (Wildman–Crippen MR) is 219 cm³/mol. The van der Waals surface area contributed by atoms with E-state index in [-0.39, 0.29) is 11.8 Å². The zero-order valence-electron chi connectivity index (χ0n) is 32.5. The van der Waals surface area contributed by atoms with Crippen LogP contribution in [0.2, 0.25) is 0 Å². The Bertz CT molecular complexity index is 660. The molecule has 0 unspecified atom stereocenters. The predicted octanol–water partition coefficient (Wildman–Crippen LogP) is 2.45. The van der Waals surface area contributed by atoms with Crippen molar-refractivity contribution in [3.63, 3.8) is 0 Å². The lowest BCUT2D eigenvalue weighted by Gasteiger charge is -2.08. The first-order valence-corrected chi connectivity index (χ1v) is 20.8. The molecule has 0 aliphatic carbocycles. The summed E-state index contributed by atoms with van der Waals surface area (Å²) in [5.41, 5.74) is 21.3. The average molecular weight is 789 g/mol. The van der Waals surface area contributed by atoms with Crippen molar-refractivity contribution in [3.05, 3.63) is 0 Å². The van der Waals surface area contributed by atoms with Crippen molar-refractivity contribution in [2.75, 3.05) is 130 Å². The quantitative estimate of drug-likeness (QED) is 0.0333. The van der Waals surface area contributed by atoms with Crippen LogP contribution in [-0.4, -0.2) is 142 Å². The minimum Gasteiger partial charge on any atom is -0.378 e. The third-order valence-corrected chi connectivity index (χ3v) is 7.50. The number of amides is 2. The maximum Gasteiger partial charge on any atom is 0.220 e. The van der Waals surface area contributed by atoms with Crippen LogP contribution in [0.4, 0.5) is 0 Å². The van der Waals surface area contributed by atoms with Gasteiger partial charge in [0.05, 0.1) is 79.3 Å². The zero-order valence-corrected chi connectivity index (χ0v) is 34.3. The minimum absolute atomic E-state index is 0.0150. The molecule has 10 N–H and O–H groups in total. The molecular formula is C36H80N6O8S2. The van der Waals surface area contributed by atoms with Crippen LogP contribution < -0.4 is 33.6 Å². The van der Waals surface area contributed by atoms with E-state index < -0.39 is 0 Å². The second-order valence-electron chi connectivity index (χ2n) is 11.7. The van der Waals surface area contributed by atoms with Gasteiger partial charge in [0.1, 0.15) is 0 Å². The summed E-state index contributed by atoms with van der Waals surface area (Å²) in [5, 5.41) is 5.52. The van der Waals surface area contributed by atoms with Crippen LogP contribution in [0.3, 0.4) is 0 Å². The molecule has 0 spiro atoms. The molecular weight excluding hydrogens is 709 g/mol. The highest BCUT2D eigenvalue weighted by Crippen LogP contribution is 2.10. The summed E-state index contributed by atoms with van der Waals surface area (Å²) in [7, 11) is 0. The van der Waals surface area contributed by atoms with Crippen molar-refractivity contribution < 1.29 is 38.0 Å². The molecule has 2 amide bonds. The van der Waals surface area contributed by atoms with Gasteiger partial charge in [0.15, 0.2) is 0 Å². The van der Waals surface area contributed by atoms with Crippen molar-refractivity contribution in [1.82, 2.24) is 10.6 Å². The SMILES string of the molecule is NCCCCC(=O)NCCOCCOCCOCCNC(=O)CCS.NCCCCCCCCCCCCS.NCCOCCOCCOCCN. The van der Waals surface area contributed by atoms with Gasteiger partial charge in [0.2, 0.25) is 11.8 Å². The molecule has 0 atom stereocenters. The Labute approximate surface area is 327 Å². The fourth-order valence-corrected chi connectivity index (χ4v) is 4.58. The number of carbonyl (C=O) groups excluding carboxylic acids is 2. The van der Waals surface area contributed by atoms with Gasteiger partial charge in [-0.2, -0.15) is 25.3 Å². The standard InChI is InChI=1S/C16H33N3O5S.C12H27NS.C8H20N2O3/c17-5-2-1-3-15(20)18-6-8-22-10-12-24-13-11-23-9-7-19-16(21)4-14-25;13-11-9-7-5-3-1-2-4-6-8-10-12-14;9-1-3-11-5-7-13-8-6-12-4-2-10/h25H,1-14,17H2,(H,18,20)(H,19,21);14H,1-13H2;1-10H2. The Kier molecular flexibility index (Phi) is 58.3. The molecule has 0 aliphatic heterocycles. The van der Waals surface area contributed by atoms with Gasteiger partial charge >= 0.3 is 0 Å². The molecule has 0 saturated carbocycles. The first-order valence-electron chi connectivity index (χ1n) is 19.6. The van der Waals surface area contributed by atoms with Crippen LogP contribution >= 0.6 is 25.3 Å². The third-order valence-electron chi connectivity index (χ3n) is 6.96. The van der Waals surface area contributed by atoms with Crippen molar-refractivity contribution >= 4 is 37.1 Å². The Balaban J connectivity index is -0.000000754. The molecule has 0 aromatic carbocycles. The number of unbranched alkanes of at least 4 members (excludes halogenated alkanes) is 10. The lowest BCUT2D eigenvalue weighted by molar-refractivity contribution is -0.122. The second-order valence-corrected chi connectivity index (χ2v) is 12.6. The van der Waals surface area contributed by atoms with E-state index in [1.165, 1.54) is 64.2 Å². The van der Waals surface area contributed by atoms with Crippen LogP contribution in [0.25, 0.3) is 0 Å². The van der Waals surface area contributed by atoms with Crippen LogP contribution in [0.15, 0.2) is 0 Å². The summed E-state index contributed by atoms with van der Waals surface area (Å²) in [4.78, 5) is 22.5. The molecule has 0 radical (unpaired) electrons. The van der Waals surface area contributed by atoms with Crippen LogP contribution in [0, 0.1) is 0 Å². The van der Waals surface area contributed by atoms with Crippen molar-refractivity contribution in [2.24, 2.45) is 22.9 Å². The number of ether oxygens (including phenoxy) is 6. The molecule has 0 aliphatic rings. The van der Waals surface area contributed by atoms with Gasteiger partial charge in [-0.1, -0.05) is 51.4 Å². The Morgan fingerprint density at radius 2 is 0.692 bits per heavy atom. The highest BCUT2D eigenvalue weighted by molar-refractivity contribution is 7.80. The molecule has 16 heteroatoms. The highest BCUT2D eigenvalue weighted by atomic mass is 32.1. The van der Waals surface area contributed by atoms with E-state index in [0.29, 0.717) is 131 Å². The maximum atomic E-state index is 11.4.